The van der Waals surface area contributed by atoms with Crippen LogP contribution < -0.4 is 20.3 Å². The zero-order valence-electron chi connectivity index (χ0n) is 20.1. The van der Waals surface area contributed by atoms with E-state index in [9.17, 15) is 4.79 Å². The Morgan fingerprint density at radius 3 is 2.58 bits per heavy atom. The Morgan fingerprint density at radius 1 is 1.15 bits per heavy atom. The number of aromatic nitrogens is 2. The fourth-order valence-corrected chi connectivity index (χ4v) is 3.52. The molecule has 0 radical (unpaired) electrons. The van der Waals surface area contributed by atoms with Crippen molar-refractivity contribution in [2.24, 2.45) is 4.99 Å². The fourth-order valence-electron chi connectivity index (χ4n) is 3.52. The van der Waals surface area contributed by atoms with E-state index < -0.39 is 0 Å². The van der Waals surface area contributed by atoms with Gasteiger partial charge in [0.1, 0.15) is 5.75 Å². The highest BCUT2D eigenvalue weighted by molar-refractivity contribution is 6.10. The molecule has 0 bridgehead atoms. The summed E-state index contributed by atoms with van der Waals surface area (Å²) in [5.41, 5.74) is 5.23. The Bertz CT molecular complexity index is 1150. The normalized spacial score (nSPS) is 11.3. The second-order valence-corrected chi connectivity index (χ2v) is 7.85. The van der Waals surface area contributed by atoms with Gasteiger partial charge in [0.2, 0.25) is 5.96 Å². The number of benzene rings is 2. The molecule has 1 amide bonds. The Hall–Kier alpha value is -3.81. The molecule has 1 aromatic heterocycles. The van der Waals surface area contributed by atoms with E-state index in [0.29, 0.717) is 29.5 Å². The maximum atomic E-state index is 13.1. The van der Waals surface area contributed by atoms with Gasteiger partial charge in [-0.1, -0.05) is 18.2 Å². The van der Waals surface area contributed by atoms with Crippen LogP contribution in [0.2, 0.25) is 0 Å². The molecule has 3 aromatic rings. The van der Waals surface area contributed by atoms with Gasteiger partial charge in [0.15, 0.2) is 0 Å². The fraction of sp³-hybridized carbons (Fsp3) is 0.320. The van der Waals surface area contributed by atoms with Gasteiger partial charge in [-0.25, -0.2) is 4.99 Å². The first-order valence-electron chi connectivity index (χ1n) is 10.9. The number of nitrogens with one attached hydrogen (secondary N) is 2. The van der Waals surface area contributed by atoms with Crippen LogP contribution in [-0.2, 0) is 13.1 Å². The summed E-state index contributed by atoms with van der Waals surface area (Å²) in [6, 6.07) is 14.9. The van der Waals surface area contributed by atoms with Crippen LogP contribution in [0.4, 0.5) is 11.4 Å². The third-order valence-corrected chi connectivity index (χ3v) is 5.44. The summed E-state index contributed by atoms with van der Waals surface area (Å²) in [4.78, 5) is 19.7. The summed E-state index contributed by atoms with van der Waals surface area (Å²) in [6.07, 6.45) is 0. The quantitative estimate of drug-likeness (QED) is 0.422. The van der Waals surface area contributed by atoms with Crippen LogP contribution in [0.25, 0.3) is 0 Å². The van der Waals surface area contributed by atoms with E-state index in [1.165, 1.54) is 0 Å². The number of carbonyl (C=O) groups excluding carboxylic acids is 1. The number of amides is 1. The number of hydrogen-bond acceptors (Lipinski definition) is 5. The number of ether oxygens (including phenoxy) is 1. The second kappa shape index (κ2) is 10.7. The molecule has 0 spiro atoms. The van der Waals surface area contributed by atoms with Crippen molar-refractivity contribution < 1.29 is 9.53 Å². The first kappa shape index (κ1) is 23.8. The van der Waals surface area contributed by atoms with Gasteiger partial charge in [0, 0.05) is 43.1 Å². The lowest BCUT2D eigenvalue weighted by Crippen LogP contribution is -2.36. The van der Waals surface area contributed by atoms with Gasteiger partial charge in [0.25, 0.3) is 5.91 Å². The maximum absolute atomic E-state index is 13.1. The summed E-state index contributed by atoms with van der Waals surface area (Å²) < 4.78 is 7.40. The monoisotopic (exact) mass is 448 g/mol. The van der Waals surface area contributed by atoms with Gasteiger partial charge in [-0.15, -0.1) is 0 Å². The van der Waals surface area contributed by atoms with Gasteiger partial charge < -0.3 is 15.0 Å². The van der Waals surface area contributed by atoms with E-state index in [1.807, 2.05) is 80.0 Å². The molecule has 8 nitrogen and oxygen atoms in total. The topological polar surface area (TPSA) is 83.8 Å². The minimum absolute atomic E-state index is 0.252. The number of para-hydroxylation sites is 2. The summed E-state index contributed by atoms with van der Waals surface area (Å²) in [6.45, 7) is 7.24. The highest BCUT2D eigenvalue weighted by atomic mass is 16.5. The highest BCUT2D eigenvalue weighted by Gasteiger charge is 2.14. The first-order chi connectivity index (χ1) is 15.8. The molecule has 8 heteroatoms. The molecule has 2 aromatic carbocycles. The van der Waals surface area contributed by atoms with Crippen molar-refractivity contribution in [2.75, 3.05) is 31.4 Å². The van der Waals surface area contributed by atoms with Crippen molar-refractivity contribution >= 4 is 23.2 Å². The molecule has 2 N–H and O–H groups in total. The molecule has 0 aliphatic heterocycles. The molecule has 0 fully saturated rings. The molecule has 1 heterocycles. The molecule has 0 saturated carbocycles. The minimum atomic E-state index is -0.252. The molecule has 0 saturated heterocycles. The molecule has 0 unspecified atom stereocenters. The van der Waals surface area contributed by atoms with Gasteiger partial charge in [-0.3, -0.25) is 14.8 Å². The third-order valence-electron chi connectivity index (χ3n) is 5.44. The van der Waals surface area contributed by atoms with Gasteiger partial charge >= 0.3 is 0 Å². The predicted molar refractivity (Wildman–Crippen MR) is 133 cm³/mol. The number of methoxy groups -OCH3 is 1. The Labute approximate surface area is 195 Å². The van der Waals surface area contributed by atoms with Crippen molar-refractivity contribution in [3.05, 3.63) is 71.0 Å². The van der Waals surface area contributed by atoms with Crippen LogP contribution in [0.15, 0.2) is 53.5 Å². The highest BCUT2D eigenvalue weighted by Crippen LogP contribution is 2.23. The first-order valence-corrected chi connectivity index (χ1v) is 10.9. The van der Waals surface area contributed by atoms with Crippen LogP contribution in [0.5, 0.6) is 5.75 Å². The SMILES string of the molecule is CCn1nc(C)c(CN=C(NC(=O)c2cccc(N(C)C)c2)Nc2ccccc2OC)c1C. The van der Waals surface area contributed by atoms with Crippen LogP contribution >= 0.6 is 0 Å². The van der Waals surface area contributed by atoms with Crippen molar-refractivity contribution in [3.8, 4) is 5.75 Å². The smallest absolute Gasteiger partial charge is 0.258 e. The minimum Gasteiger partial charge on any atom is -0.495 e. The number of aliphatic imine (C=N–C) groups is 1. The van der Waals surface area contributed by atoms with Crippen molar-refractivity contribution in [1.29, 1.82) is 0 Å². The molecule has 0 atom stereocenters. The van der Waals surface area contributed by atoms with Crippen LogP contribution in [0.3, 0.4) is 0 Å². The van der Waals surface area contributed by atoms with Crippen LogP contribution in [0.1, 0.15) is 34.2 Å². The van der Waals surface area contributed by atoms with Gasteiger partial charge in [-0.05, 0) is 51.1 Å². The predicted octanol–water partition coefficient (Wildman–Crippen LogP) is 3.99. The van der Waals surface area contributed by atoms with Gasteiger partial charge in [-0.2, -0.15) is 5.10 Å². The Balaban J connectivity index is 1.91. The number of carbonyl (C=O) groups is 1. The molecule has 33 heavy (non-hydrogen) atoms. The van der Waals surface area contributed by atoms with E-state index >= 15 is 0 Å². The van der Waals surface area contributed by atoms with E-state index in [4.69, 9.17) is 9.73 Å². The maximum Gasteiger partial charge on any atom is 0.258 e. The van der Waals surface area contributed by atoms with Crippen LogP contribution in [-0.4, -0.2) is 42.9 Å². The van der Waals surface area contributed by atoms with Crippen molar-refractivity contribution in [1.82, 2.24) is 15.1 Å². The number of anilines is 2. The van der Waals surface area contributed by atoms with E-state index in [0.717, 1.165) is 29.2 Å². The summed E-state index contributed by atoms with van der Waals surface area (Å²) >= 11 is 0. The summed E-state index contributed by atoms with van der Waals surface area (Å²) in [7, 11) is 5.48. The zero-order valence-corrected chi connectivity index (χ0v) is 20.1. The van der Waals surface area contributed by atoms with E-state index in [1.54, 1.807) is 13.2 Å². The zero-order chi connectivity index (χ0) is 24.0. The number of aryl methyl sites for hydroxylation is 2. The lowest BCUT2D eigenvalue weighted by molar-refractivity contribution is 0.0977. The molecular formula is C25H32N6O2. The van der Waals surface area contributed by atoms with Crippen molar-refractivity contribution in [3.63, 3.8) is 0 Å². The average Bonchev–Trinajstić information content (AvgIpc) is 3.10. The number of hydrogen-bond donors (Lipinski definition) is 2. The third kappa shape index (κ3) is 5.71. The largest absolute Gasteiger partial charge is 0.495 e. The Kier molecular flexibility index (Phi) is 7.71. The molecular weight excluding hydrogens is 416 g/mol. The number of nitrogens with zero attached hydrogens (tertiary/aromatic N) is 4. The number of rotatable bonds is 7. The molecule has 174 valence electrons. The average molecular weight is 449 g/mol. The summed E-state index contributed by atoms with van der Waals surface area (Å²) in [5, 5.41) is 10.7. The standard InChI is InChI=1S/C25H32N6O2/c1-7-31-18(3)21(17(2)29-31)16-26-25(27-22-13-8-9-14-23(22)33-6)28-24(32)19-11-10-12-20(15-19)30(4)5/h8-15H,7,16H2,1-6H3,(H2,26,27,28,32). The van der Waals surface area contributed by atoms with Gasteiger partial charge in [0.05, 0.1) is 25.0 Å². The lowest BCUT2D eigenvalue weighted by Gasteiger charge is -2.16. The van der Waals surface area contributed by atoms with Crippen molar-refractivity contribution in [2.45, 2.75) is 33.9 Å². The van der Waals surface area contributed by atoms with E-state index in [2.05, 4.69) is 22.7 Å². The Morgan fingerprint density at radius 2 is 1.91 bits per heavy atom. The molecule has 0 aliphatic rings. The number of guanidine groups is 1. The second-order valence-electron chi connectivity index (χ2n) is 7.85. The lowest BCUT2D eigenvalue weighted by atomic mass is 10.2. The molecule has 3 rings (SSSR count). The van der Waals surface area contributed by atoms with Crippen LogP contribution in [0, 0.1) is 13.8 Å². The van der Waals surface area contributed by atoms with E-state index in [-0.39, 0.29) is 5.91 Å². The molecule has 0 aliphatic carbocycles. The summed E-state index contributed by atoms with van der Waals surface area (Å²) in [5.74, 6) is 0.737.